The number of nitrogens with one attached hydrogen (secondary N) is 2. The van der Waals surface area contributed by atoms with Crippen LogP contribution in [0, 0.1) is 6.92 Å². The van der Waals surface area contributed by atoms with Crippen molar-refractivity contribution in [2.24, 2.45) is 5.73 Å². The van der Waals surface area contributed by atoms with Crippen molar-refractivity contribution in [3.8, 4) is 0 Å². The first-order valence-electron chi connectivity index (χ1n) is 5.35. The van der Waals surface area contributed by atoms with E-state index < -0.39 is 30.4 Å². The fourth-order valence-corrected chi connectivity index (χ4v) is 2.00. The summed E-state index contributed by atoms with van der Waals surface area (Å²) < 4.78 is 0. The van der Waals surface area contributed by atoms with Crippen LogP contribution in [-0.4, -0.2) is 34.0 Å². The van der Waals surface area contributed by atoms with Crippen molar-refractivity contribution >= 4 is 29.2 Å². The Bertz CT molecular complexity index is 488. The van der Waals surface area contributed by atoms with E-state index in [2.05, 4.69) is 15.6 Å². The molecule has 0 aliphatic carbocycles. The van der Waals surface area contributed by atoms with Crippen molar-refractivity contribution in [2.45, 2.75) is 25.9 Å². The molecule has 19 heavy (non-hydrogen) atoms. The summed E-state index contributed by atoms with van der Waals surface area (Å²) >= 11 is 1.42. The normalized spacial score (nSPS) is 11.6. The quantitative estimate of drug-likeness (QED) is 0.563. The summed E-state index contributed by atoms with van der Waals surface area (Å²) in [7, 11) is 0. The fourth-order valence-electron chi connectivity index (χ4n) is 1.26. The number of aryl methyl sites for hydroxylation is 1. The number of carboxylic acids is 1. The highest BCUT2D eigenvalue weighted by Gasteiger charge is 2.21. The molecule has 3 amide bonds. The lowest BCUT2D eigenvalue weighted by atomic mass is 10.2. The van der Waals surface area contributed by atoms with Crippen LogP contribution in [0.4, 0.5) is 4.79 Å². The molecule has 5 N–H and O–H groups in total. The average molecular weight is 286 g/mol. The molecular formula is C10H14N4O4S. The molecule has 0 unspecified atom stereocenters. The molecular weight excluding hydrogens is 272 g/mol. The first-order chi connectivity index (χ1) is 8.88. The number of aliphatic carboxylic acids is 1. The van der Waals surface area contributed by atoms with Gasteiger partial charge in [0.2, 0.25) is 5.91 Å². The number of amides is 3. The second kappa shape index (κ2) is 6.69. The Balaban J connectivity index is 2.44. The zero-order valence-corrected chi connectivity index (χ0v) is 11.0. The maximum atomic E-state index is 11.5. The van der Waals surface area contributed by atoms with Crippen molar-refractivity contribution < 1.29 is 19.5 Å². The molecule has 1 heterocycles. The first-order valence-corrected chi connectivity index (χ1v) is 6.17. The molecule has 104 valence electrons. The number of rotatable bonds is 6. The van der Waals surface area contributed by atoms with Crippen LogP contribution in [0.15, 0.2) is 6.20 Å². The third kappa shape index (κ3) is 5.34. The highest BCUT2D eigenvalue weighted by molar-refractivity contribution is 7.11. The van der Waals surface area contributed by atoms with Gasteiger partial charge in [-0.3, -0.25) is 4.79 Å². The molecule has 0 aliphatic heterocycles. The van der Waals surface area contributed by atoms with Gasteiger partial charge in [-0.2, -0.15) is 0 Å². The molecule has 0 saturated carbocycles. The predicted molar refractivity (Wildman–Crippen MR) is 67.5 cm³/mol. The van der Waals surface area contributed by atoms with Gasteiger partial charge in [-0.1, -0.05) is 0 Å². The van der Waals surface area contributed by atoms with E-state index in [1.165, 1.54) is 11.3 Å². The highest BCUT2D eigenvalue weighted by atomic mass is 32.1. The summed E-state index contributed by atoms with van der Waals surface area (Å²) in [6, 6.07) is -2.01. The minimum Gasteiger partial charge on any atom is -0.480 e. The van der Waals surface area contributed by atoms with Crippen LogP contribution in [-0.2, 0) is 16.1 Å². The van der Waals surface area contributed by atoms with E-state index in [1.54, 1.807) is 6.20 Å². The molecule has 1 aromatic rings. The van der Waals surface area contributed by atoms with Gasteiger partial charge in [0.1, 0.15) is 6.04 Å². The lowest BCUT2D eigenvalue weighted by Crippen LogP contribution is -2.47. The maximum absolute atomic E-state index is 11.5. The minimum absolute atomic E-state index is 0.236. The number of thiazole rings is 1. The van der Waals surface area contributed by atoms with Gasteiger partial charge in [-0.05, 0) is 6.92 Å². The van der Waals surface area contributed by atoms with E-state index in [4.69, 9.17) is 10.8 Å². The number of hydrogen-bond donors (Lipinski definition) is 4. The topological polar surface area (TPSA) is 134 Å². The van der Waals surface area contributed by atoms with E-state index >= 15 is 0 Å². The summed E-state index contributed by atoms with van der Waals surface area (Å²) in [6.07, 6.45) is 1.17. The Morgan fingerprint density at radius 1 is 1.53 bits per heavy atom. The second-order valence-corrected chi connectivity index (χ2v) is 5.05. The number of hydrogen-bond acceptors (Lipinski definition) is 5. The number of carboxylic acid groups (broad SMARTS) is 1. The van der Waals surface area contributed by atoms with Crippen molar-refractivity contribution in [1.29, 1.82) is 0 Å². The molecule has 0 aromatic carbocycles. The van der Waals surface area contributed by atoms with Crippen molar-refractivity contribution in [3.05, 3.63) is 16.1 Å². The molecule has 0 fully saturated rings. The Labute approximate surface area is 113 Å². The Morgan fingerprint density at radius 2 is 2.21 bits per heavy atom. The highest BCUT2D eigenvalue weighted by Crippen LogP contribution is 2.10. The molecule has 0 aliphatic rings. The summed E-state index contributed by atoms with van der Waals surface area (Å²) in [6.45, 7) is 2.07. The third-order valence-electron chi connectivity index (χ3n) is 2.10. The Morgan fingerprint density at radius 3 is 2.68 bits per heavy atom. The predicted octanol–water partition coefficient (Wildman–Crippen LogP) is -0.421. The standard InChI is InChI=1S/C10H14N4O4S/c1-5-12-3-6(19-5)4-13-10(18)14-7(9(16)17)2-8(11)15/h3,7H,2,4H2,1H3,(H2,11,15)(H,16,17)(H2,13,14,18)/t7-/m1/s1. The first kappa shape index (κ1) is 14.9. The monoisotopic (exact) mass is 286 g/mol. The lowest BCUT2D eigenvalue weighted by Gasteiger charge is -2.13. The summed E-state index contributed by atoms with van der Waals surface area (Å²) in [5.74, 6) is -2.12. The van der Waals surface area contributed by atoms with Gasteiger partial charge in [0.15, 0.2) is 0 Å². The SMILES string of the molecule is Cc1ncc(CNC(=O)N[C@H](CC(N)=O)C(=O)O)s1. The van der Waals surface area contributed by atoms with Crippen LogP contribution in [0.25, 0.3) is 0 Å². The van der Waals surface area contributed by atoms with E-state index in [0.717, 1.165) is 9.88 Å². The molecule has 0 radical (unpaired) electrons. The van der Waals surface area contributed by atoms with Gasteiger partial charge >= 0.3 is 12.0 Å². The average Bonchev–Trinajstić information content (AvgIpc) is 2.71. The minimum atomic E-state index is -1.33. The number of carbonyl (C=O) groups excluding carboxylic acids is 2. The number of aromatic nitrogens is 1. The van der Waals surface area contributed by atoms with Gasteiger partial charge in [0.05, 0.1) is 18.0 Å². The third-order valence-corrected chi connectivity index (χ3v) is 3.01. The molecule has 1 aromatic heterocycles. The molecule has 0 bridgehead atoms. The smallest absolute Gasteiger partial charge is 0.326 e. The van der Waals surface area contributed by atoms with Crippen molar-refractivity contribution in [3.63, 3.8) is 0 Å². The number of nitrogens with zero attached hydrogens (tertiary/aromatic N) is 1. The summed E-state index contributed by atoms with van der Waals surface area (Å²) in [4.78, 5) is 37.8. The Hall–Kier alpha value is -2.16. The number of urea groups is 1. The van der Waals surface area contributed by atoms with E-state index in [1.807, 2.05) is 6.92 Å². The van der Waals surface area contributed by atoms with Crippen LogP contribution in [0.1, 0.15) is 16.3 Å². The van der Waals surface area contributed by atoms with E-state index in [9.17, 15) is 14.4 Å². The van der Waals surface area contributed by atoms with E-state index in [-0.39, 0.29) is 6.54 Å². The van der Waals surface area contributed by atoms with E-state index in [0.29, 0.717) is 0 Å². The van der Waals surface area contributed by atoms with Crippen molar-refractivity contribution in [1.82, 2.24) is 15.6 Å². The van der Waals surface area contributed by atoms with Crippen molar-refractivity contribution in [2.75, 3.05) is 0 Å². The molecule has 1 rings (SSSR count). The molecule has 9 heteroatoms. The van der Waals surface area contributed by atoms with Crippen LogP contribution in [0.5, 0.6) is 0 Å². The van der Waals surface area contributed by atoms with Gasteiger partial charge in [0, 0.05) is 11.1 Å². The number of primary amides is 1. The molecule has 8 nitrogen and oxygen atoms in total. The van der Waals surface area contributed by atoms with Gasteiger partial charge < -0.3 is 21.5 Å². The molecule has 0 saturated heterocycles. The summed E-state index contributed by atoms with van der Waals surface area (Å²) in [5.41, 5.74) is 4.89. The Kier molecular flexibility index (Phi) is 5.24. The molecule has 0 spiro atoms. The second-order valence-electron chi connectivity index (χ2n) is 3.73. The van der Waals surface area contributed by atoms with Crippen LogP contribution >= 0.6 is 11.3 Å². The maximum Gasteiger partial charge on any atom is 0.326 e. The zero-order valence-electron chi connectivity index (χ0n) is 10.2. The number of nitrogens with two attached hydrogens (primary N) is 1. The van der Waals surface area contributed by atoms with Crippen LogP contribution in [0.2, 0.25) is 0 Å². The van der Waals surface area contributed by atoms with Crippen LogP contribution in [0.3, 0.4) is 0 Å². The summed E-state index contributed by atoms with van der Waals surface area (Å²) in [5, 5.41) is 14.3. The molecule has 1 atom stereocenters. The largest absolute Gasteiger partial charge is 0.480 e. The van der Waals surface area contributed by atoms with Gasteiger partial charge in [-0.15, -0.1) is 11.3 Å². The zero-order chi connectivity index (χ0) is 14.4. The van der Waals surface area contributed by atoms with Crippen LogP contribution < -0.4 is 16.4 Å². The lowest BCUT2D eigenvalue weighted by molar-refractivity contribution is -0.140. The van der Waals surface area contributed by atoms with Gasteiger partial charge in [-0.25, -0.2) is 14.6 Å². The van der Waals surface area contributed by atoms with Gasteiger partial charge in [0.25, 0.3) is 0 Å². The fraction of sp³-hybridized carbons (Fsp3) is 0.400. The number of carbonyl (C=O) groups is 3.